The first-order valence-corrected chi connectivity index (χ1v) is 5.60. The van der Waals surface area contributed by atoms with E-state index in [1.165, 1.54) is 11.3 Å². The summed E-state index contributed by atoms with van der Waals surface area (Å²) < 4.78 is 0. The van der Waals surface area contributed by atoms with Crippen LogP contribution in [-0.2, 0) is 6.54 Å². The molecular weight excluding hydrogens is 224 g/mol. The number of rotatable bonds is 3. The van der Waals surface area contributed by atoms with Gasteiger partial charge in [0.1, 0.15) is 0 Å². The fourth-order valence-electron chi connectivity index (χ4n) is 1.25. The number of imidazole rings is 1. The van der Waals surface area contributed by atoms with Gasteiger partial charge in [-0.25, -0.2) is 4.98 Å². The minimum Gasteiger partial charge on any atom is -0.398 e. The Morgan fingerprint density at radius 1 is 1.69 bits per heavy atom. The number of hydrogen-bond acceptors (Lipinski definition) is 4. The molecule has 0 atom stereocenters. The van der Waals surface area contributed by atoms with Crippen molar-refractivity contribution in [2.45, 2.75) is 13.5 Å². The fourth-order valence-corrected chi connectivity index (χ4v) is 2.11. The molecule has 2 aromatic heterocycles. The van der Waals surface area contributed by atoms with Gasteiger partial charge in [-0.15, -0.1) is 11.3 Å². The zero-order valence-electron chi connectivity index (χ0n) is 8.78. The number of nitrogens with two attached hydrogens (primary N) is 1. The zero-order valence-corrected chi connectivity index (χ0v) is 9.60. The van der Waals surface area contributed by atoms with Gasteiger partial charge < -0.3 is 16.0 Å². The summed E-state index contributed by atoms with van der Waals surface area (Å²) in [4.78, 5) is 20.1. The molecule has 84 valence electrons. The number of nitrogens with zero attached hydrogens (tertiary/aromatic N) is 1. The summed E-state index contributed by atoms with van der Waals surface area (Å²) >= 11 is 1.40. The number of aromatic nitrogens is 2. The van der Waals surface area contributed by atoms with Gasteiger partial charge in [-0.3, -0.25) is 4.79 Å². The van der Waals surface area contributed by atoms with Crippen molar-refractivity contribution in [3.8, 4) is 0 Å². The van der Waals surface area contributed by atoms with Crippen LogP contribution in [0.3, 0.4) is 0 Å². The molecule has 0 spiro atoms. The Bertz CT molecular complexity index is 469. The van der Waals surface area contributed by atoms with Crippen LogP contribution in [0.4, 0.5) is 5.69 Å². The second-order valence-electron chi connectivity index (χ2n) is 3.38. The van der Waals surface area contributed by atoms with Crippen molar-refractivity contribution in [3.05, 3.63) is 34.0 Å². The fraction of sp³-hybridized carbons (Fsp3) is 0.200. The van der Waals surface area contributed by atoms with E-state index in [-0.39, 0.29) is 5.91 Å². The summed E-state index contributed by atoms with van der Waals surface area (Å²) in [6.45, 7) is 2.33. The second-order valence-corrected chi connectivity index (χ2v) is 4.64. The minimum absolute atomic E-state index is 0.112. The van der Waals surface area contributed by atoms with Crippen LogP contribution in [0.2, 0.25) is 0 Å². The van der Waals surface area contributed by atoms with E-state index in [0.29, 0.717) is 17.1 Å². The van der Waals surface area contributed by atoms with Crippen LogP contribution in [0, 0.1) is 6.92 Å². The average molecular weight is 236 g/mol. The predicted molar refractivity (Wildman–Crippen MR) is 63.2 cm³/mol. The van der Waals surface area contributed by atoms with E-state index in [1.54, 1.807) is 18.6 Å². The minimum atomic E-state index is -0.112. The van der Waals surface area contributed by atoms with Crippen molar-refractivity contribution in [3.63, 3.8) is 0 Å². The molecule has 0 bridgehead atoms. The van der Waals surface area contributed by atoms with Gasteiger partial charge in [0.2, 0.25) is 0 Å². The highest BCUT2D eigenvalue weighted by atomic mass is 32.1. The van der Waals surface area contributed by atoms with Crippen LogP contribution in [0.15, 0.2) is 18.6 Å². The number of thiophene rings is 1. The van der Waals surface area contributed by atoms with Gasteiger partial charge in [-0.2, -0.15) is 0 Å². The Labute approximate surface area is 96.7 Å². The maximum atomic E-state index is 11.7. The predicted octanol–water partition coefficient (Wildman–Crippen LogP) is 1.29. The van der Waals surface area contributed by atoms with Crippen LogP contribution in [0.5, 0.6) is 0 Å². The van der Waals surface area contributed by atoms with E-state index in [4.69, 9.17) is 5.73 Å². The highest BCUT2D eigenvalue weighted by molar-refractivity contribution is 7.14. The normalized spacial score (nSPS) is 10.3. The smallest absolute Gasteiger partial charge is 0.261 e. The number of aromatic amines is 1. The average Bonchev–Trinajstić information content (AvgIpc) is 2.86. The molecule has 0 fully saturated rings. The van der Waals surface area contributed by atoms with Crippen molar-refractivity contribution >= 4 is 22.9 Å². The van der Waals surface area contributed by atoms with Crippen molar-refractivity contribution in [2.24, 2.45) is 0 Å². The van der Waals surface area contributed by atoms with Gasteiger partial charge >= 0.3 is 0 Å². The lowest BCUT2D eigenvalue weighted by atomic mass is 10.3. The van der Waals surface area contributed by atoms with E-state index in [0.717, 1.165) is 10.6 Å². The number of amides is 1. The van der Waals surface area contributed by atoms with Gasteiger partial charge in [-0.1, -0.05) is 0 Å². The van der Waals surface area contributed by atoms with E-state index in [9.17, 15) is 4.79 Å². The lowest BCUT2D eigenvalue weighted by Gasteiger charge is -2.00. The Kier molecular flexibility index (Phi) is 2.91. The molecule has 0 aliphatic carbocycles. The lowest BCUT2D eigenvalue weighted by Crippen LogP contribution is -2.21. The third-order valence-corrected chi connectivity index (χ3v) is 3.24. The van der Waals surface area contributed by atoms with Gasteiger partial charge in [-0.05, 0) is 13.0 Å². The molecule has 0 saturated carbocycles. The third kappa shape index (κ3) is 2.22. The summed E-state index contributed by atoms with van der Waals surface area (Å²) in [5, 5.41) is 2.79. The highest BCUT2D eigenvalue weighted by Crippen LogP contribution is 2.23. The van der Waals surface area contributed by atoms with Crippen LogP contribution in [0.1, 0.15) is 20.2 Å². The monoisotopic (exact) mass is 236 g/mol. The number of carbonyl (C=O) groups is 1. The molecule has 2 aromatic rings. The van der Waals surface area contributed by atoms with Crippen molar-refractivity contribution < 1.29 is 4.79 Å². The van der Waals surface area contributed by atoms with Crippen molar-refractivity contribution in [1.82, 2.24) is 15.3 Å². The largest absolute Gasteiger partial charge is 0.398 e. The standard InChI is InChI=1S/C10H12N4OS/c1-6-8(11)2-9(16-6)10(15)13-4-7-3-12-5-14-7/h2-3,5H,4,11H2,1H3,(H,12,14)(H,13,15). The van der Waals surface area contributed by atoms with Crippen LogP contribution < -0.4 is 11.1 Å². The van der Waals surface area contributed by atoms with Crippen LogP contribution in [-0.4, -0.2) is 15.9 Å². The lowest BCUT2D eigenvalue weighted by molar-refractivity contribution is 0.0954. The summed E-state index contributed by atoms with van der Waals surface area (Å²) in [6.07, 6.45) is 3.25. The maximum absolute atomic E-state index is 11.7. The maximum Gasteiger partial charge on any atom is 0.261 e. The molecule has 16 heavy (non-hydrogen) atoms. The molecule has 6 heteroatoms. The second kappa shape index (κ2) is 4.36. The molecule has 0 saturated heterocycles. The molecule has 4 N–H and O–H groups in total. The summed E-state index contributed by atoms with van der Waals surface area (Å²) in [7, 11) is 0. The molecule has 0 aliphatic rings. The molecule has 2 rings (SSSR count). The van der Waals surface area contributed by atoms with Gasteiger partial charge in [0.05, 0.1) is 23.4 Å². The van der Waals surface area contributed by atoms with Crippen LogP contribution >= 0.6 is 11.3 Å². The molecule has 1 amide bonds. The number of hydrogen-bond donors (Lipinski definition) is 3. The molecule has 0 unspecified atom stereocenters. The Morgan fingerprint density at radius 2 is 2.50 bits per heavy atom. The topological polar surface area (TPSA) is 83.8 Å². The molecule has 5 nitrogen and oxygen atoms in total. The van der Waals surface area contributed by atoms with Gasteiger partial charge in [0.25, 0.3) is 5.91 Å². The summed E-state index contributed by atoms with van der Waals surface area (Å²) in [5.74, 6) is -0.112. The number of aryl methyl sites for hydroxylation is 1. The van der Waals surface area contributed by atoms with Crippen molar-refractivity contribution in [1.29, 1.82) is 0 Å². The SMILES string of the molecule is Cc1sc(C(=O)NCc2cnc[nH]2)cc1N. The Balaban J connectivity index is 1.98. The first kappa shape index (κ1) is 10.7. The van der Waals surface area contributed by atoms with Gasteiger partial charge in [0, 0.05) is 16.8 Å². The summed E-state index contributed by atoms with van der Waals surface area (Å²) in [5.41, 5.74) is 7.22. The molecular formula is C10H12N4OS. The Morgan fingerprint density at radius 3 is 3.06 bits per heavy atom. The number of H-pyrrole nitrogens is 1. The van der Waals surface area contributed by atoms with E-state index < -0.39 is 0 Å². The quantitative estimate of drug-likeness (QED) is 0.750. The first-order valence-electron chi connectivity index (χ1n) is 4.78. The third-order valence-electron chi connectivity index (χ3n) is 2.17. The highest BCUT2D eigenvalue weighted by Gasteiger charge is 2.10. The van der Waals surface area contributed by atoms with E-state index in [2.05, 4.69) is 15.3 Å². The summed E-state index contributed by atoms with van der Waals surface area (Å²) in [6, 6.07) is 1.70. The molecule has 0 aromatic carbocycles. The number of anilines is 1. The van der Waals surface area contributed by atoms with Gasteiger partial charge in [0.15, 0.2) is 0 Å². The van der Waals surface area contributed by atoms with Crippen LogP contribution in [0.25, 0.3) is 0 Å². The van der Waals surface area contributed by atoms with E-state index in [1.807, 2.05) is 6.92 Å². The first-order chi connectivity index (χ1) is 7.66. The van der Waals surface area contributed by atoms with E-state index >= 15 is 0 Å². The number of carbonyl (C=O) groups excluding carboxylic acids is 1. The number of nitrogens with one attached hydrogen (secondary N) is 2. The number of nitrogen functional groups attached to an aromatic ring is 1. The van der Waals surface area contributed by atoms with Crippen molar-refractivity contribution in [2.75, 3.05) is 5.73 Å². The molecule has 0 aliphatic heterocycles. The zero-order chi connectivity index (χ0) is 11.5. The molecule has 2 heterocycles. The molecule has 0 radical (unpaired) electrons. The Hall–Kier alpha value is -1.82.